The Morgan fingerprint density at radius 2 is 2.11 bits per heavy atom. The molecule has 0 aromatic heterocycles. The minimum absolute atomic E-state index is 0.400. The van der Waals surface area contributed by atoms with Crippen molar-refractivity contribution in [3.63, 3.8) is 0 Å². The topological polar surface area (TPSA) is 32.3 Å². The van der Waals surface area contributed by atoms with E-state index in [2.05, 4.69) is 18.0 Å². The Morgan fingerprint density at radius 1 is 1.32 bits per heavy atom. The van der Waals surface area contributed by atoms with Crippen LogP contribution in [0.25, 0.3) is 0 Å². The van der Waals surface area contributed by atoms with Gasteiger partial charge < -0.3 is 5.11 Å². The van der Waals surface area contributed by atoms with Crippen molar-refractivity contribution in [2.45, 2.75) is 76.5 Å². The number of nitrogens with one attached hydrogen (secondary N) is 1. The standard InChI is InChI=1S/C17H29NO/c1-2-3-7-14-10-12-15(13-11-14)17(19)18-16-8-5-4-6-9-16/h2,12,14,16-19H,1,3-11,13H2. The van der Waals surface area contributed by atoms with Crippen LogP contribution in [-0.2, 0) is 0 Å². The number of rotatable bonds is 6. The molecule has 0 radical (unpaired) electrons. The lowest BCUT2D eigenvalue weighted by Crippen LogP contribution is -2.41. The summed E-state index contributed by atoms with van der Waals surface area (Å²) in [7, 11) is 0. The summed E-state index contributed by atoms with van der Waals surface area (Å²) in [6.45, 7) is 3.79. The number of aliphatic hydroxyl groups excluding tert-OH is 1. The highest BCUT2D eigenvalue weighted by Gasteiger charge is 2.21. The highest BCUT2D eigenvalue weighted by molar-refractivity contribution is 5.11. The molecule has 2 heteroatoms. The zero-order valence-electron chi connectivity index (χ0n) is 12.1. The minimum atomic E-state index is -0.400. The molecule has 1 fully saturated rings. The third kappa shape index (κ3) is 4.77. The molecule has 2 atom stereocenters. The van der Waals surface area contributed by atoms with Gasteiger partial charge in [-0.1, -0.05) is 31.4 Å². The van der Waals surface area contributed by atoms with Gasteiger partial charge in [0.15, 0.2) is 0 Å². The molecule has 2 N–H and O–H groups in total. The van der Waals surface area contributed by atoms with Gasteiger partial charge in [0.1, 0.15) is 6.23 Å². The maximum absolute atomic E-state index is 10.3. The average molecular weight is 263 g/mol. The first kappa shape index (κ1) is 14.8. The van der Waals surface area contributed by atoms with Crippen molar-refractivity contribution in [1.29, 1.82) is 0 Å². The summed E-state index contributed by atoms with van der Waals surface area (Å²) < 4.78 is 0. The van der Waals surface area contributed by atoms with E-state index < -0.39 is 6.23 Å². The lowest BCUT2D eigenvalue weighted by atomic mass is 9.85. The van der Waals surface area contributed by atoms with E-state index in [1.54, 1.807) is 0 Å². The zero-order valence-corrected chi connectivity index (χ0v) is 12.1. The van der Waals surface area contributed by atoms with Crippen molar-refractivity contribution >= 4 is 0 Å². The number of allylic oxidation sites excluding steroid dienone is 2. The van der Waals surface area contributed by atoms with E-state index in [1.165, 1.54) is 50.5 Å². The van der Waals surface area contributed by atoms with E-state index in [1.807, 2.05) is 6.08 Å². The van der Waals surface area contributed by atoms with E-state index in [9.17, 15) is 5.11 Å². The van der Waals surface area contributed by atoms with Crippen molar-refractivity contribution in [1.82, 2.24) is 5.32 Å². The molecule has 2 aliphatic carbocycles. The van der Waals surface area contributed by atoms with E-state index in [4.69, 9.17) is 0 Å². The lowest BCUT2D eigenvalue weighted by Gasteiger charge is -2.29. The zero-order chi connectivity index (χ0) is 13.5. The summed E-state index contributed by atoms with van der Waals surface area (Å²) in [5, 5.41) is 13.7. The summed E-state index contributed by atoms with van der Waals surface area (Å²) >= 11 is 0. The van der Waals surface area contributed by atoms with Gasteiger partial charge in [-0.2, -0.15) is 0 Å². The first-order valence-electron chi connectivity index (χ1n) is 8.03. The van der Waals surface area contributed by atoms with Gasteiger partial charge in [0.2, 0.25) is 0 Å². The molecular formula is C17H29NO. The second-order valence-electron chi connectivity index (χ2n) is 6.19. The maximum atomic E-state index is 10.3. The smallest absolute Gasteiger partial charge is 0.127 e. The molecule has 19 heavy (non-hydrogen) atoms. The molecule has 2 unspecified atom stereocenters. The van der Waals surface area contributed by atoms with Crippen molar-refractivity contribution in [2.75, 3.05) is 0 Å². The molecule has 108 valence electrons. The minimum Gasteiger partial charge on any atom is -0.375 e. The molecule has 1 saturated carbocycles. The van der Waals surface area contributed by atoms with Crippen molar-refractivity contribution < 1.29 is 5.11 Å². The van der Waals surface area contributed by atoms with Gasteiger partial charge in [0.05, 0.1) is 0 Å². The Bertz CT molecular complexity index is 304. The van der Waals surface area contributed by atoms with Gasteiger partial charge in [0, 0.05) is 6.04 Å². The normalized spacial score (nSPS) is 26.8. The molecule has 2 rings (SSSR count). The van der Waals surface area contributed by atoms with Crippen molar-refractivity contribution in [2.24, 2.45) is 5.92 Å². The molecule has 0 aromatic rings. The third-order valence-electron chi connectivity index (χ3n) is 4.68. The lowest BCUT2D eigenvalue weighted by molar-refractivity contribution is 0.137. The van der Waals surface area contributed by atoms with Gasteiger partial charge in [-0.15, -0.1) is 6.58 Å². The van der Waals surface area contributed by atoms with Crippen LogP contribution in [0.4, 0.5) is 0 Å². The van der Waals surface area contributed by atoms with E-state index in [0.717, 1.165) is 25.2 Å². The van der Waals surface area contributed by atoms with Crippen LogP contribution < -0.4 is 5.32 Å². The molecule has 0 spiro atoms. The van der Waals surface area contributed by atoms with Gasteiger partial charge >= 0.3 is 0 Å². The number of aliphatic hydroxyl groups is 1. The van der Waals surface area contributed by atoms with Crippen molar-refractivity contribution in [3.05, 3.63) is 24.3 Å². The first-order chi connectivity index (χ1) is 9.29. The fraction of sp³-hybridized carbons (Fsp3) is 0.765. The second-order valence-corrected chi connectivity index (χ2v) is 6.19. The first-order valence-corrected chi connectivity index (χ1v) is 8.03. The summed E-state index contributed by atoms with van der Waals surface area (Å²) in [5.74, 6) is 0.795. The van der Waals surface area contributed by atoms with Gasteiger partial charge in [-0.25, -0.2) is 0 Å². The summed E-state index contributed by atoms with van der Waals surface area (Å²) in [4.78, 5) is 0. The molecule has 0 aromatic carbocycles. The molecule has 0 heterocycles. The van der Waals surface area contributed by atoms with Gasteiger partial charge in [-0.05, 0) is 56.4 Å². The van der Waals surface area contributed by atoms with Crippen LogP contribution in [0.5, 0.6) is 0 Å². The number of hydrogen-bond acceptors (Lipinski definition) is 2. The average Bonchev–Trinajstić information content (AvgIpc) is 2.46. The molecule has 0 amide bonds. The van der Waals surface area contributed by atoms with E-state index in [-0.39, 0.29) is 0 Å². The monoisotopic (exact) mass is 263 g/mol. The number of hydrogen-bond donors (Lipinski definition) is 2. The Balaban J connectivity index is 1.75. The highest BCUT2D eigenvalue weighted by Crippen LogP contribution is 2.29. The largest absolute Gasteiger partial charge is 0.375 e. The van der Waals surface area contributed by atoms with Crippen LogP contribution in [0.1, 0.15) is 64.2 Å². The van der Waals surface area contributed by atoms with Crippen LogP contribution >= 0.6 is 0 Å². The molecule has 0 aliphatic heterocycles. The Labute approximate surface area is 118 Å². The Morgan fingerprint density at radius 3 is 2.74 bits per heavy atom. The summed E-state index contributed by atoms with van der Waals surface area (Å²) in [5.41, 5.74) is 1.22. The van der Waals surface area contributed by atoms with Crippen LogP contribution in [0.3, 0.4) is 0 Å². The van der Waals surface area contributed by atoms with E-state index in [0.29, 0.717) is 6.04 Å². The molecule has 2 aliphatic rings. The van der Waals surface area contributed by atoms with Crippen molar-refractivity contribution in [3.8, 4) is 0 Å². The van der Waals surface area contributed by atoms with Gasteiger partial charge in [-0.3, -0.25) is 5.32 Å². The Hall–Kier alpha value is -0.600. The fourth-order valence-electron chi connectivity index (χ4n) is 3.37. The molecule has 0 saturated heterocycles. The SMILES string of the molecule is C=CCCC1CC=C(C(O)NC2CCCCC2)CC1. The van der Waals surface area contributed by atoms with Crippen LogP contribution in [0.15, 0.2) is 24.3 Å². The van der Waals surface area contributed by atoms with E-state index >= 15 is 0 Å². The predicted octanol–water partition coefficient (Wildman–Crippen LogP) is 3.92. The Kier molecular flexibility index (Phi) is 6.12. The second kappa shape index (κ2) is 7.86. The van der Waals surface area contributed by atoms with Gasteiger partial charge in [0.25, 0.3) is 0 Å². The molecule has 2 nitrogen and oxygen atoms in total. The predicted molar refractivity (Wildman–Crippen MR) is 80.9 cm³/mol. The molecular weight excluding hydrogens is 234 g/mol. The third-order valence-corrected chi connectivity index (χ3v) is 4.68. The molecule has 0 bridgehead atoms. The highest BCUT2D eigenvalue weighted by atomic mass is 16.3. The summed E-state index contributed by atoms with van der Waals surface area (Å²) in [6.07, 6.45) is 16.1. The maximum Gasteiger partial charge on any atom is 0.127 e. The van der Waals surface area contributed by atoms with Crippen LogP contribution in [0.2, 0.25) is 0 Å². The fourth-order valence-corrected chi connectivity index (χ4v) is 3.37. The quantitative estimate of drug-likeness (QED) is 0.562. The summed E-state index contributed by atoms with van der Waals surface area (Å²) in [6, 6.07) is 0.531. The van der Waals surface area contributed by atoms with Crippen LogP contribution in [0, 0.1) is 5.92 Å². The van der Waals surface area contributed by atoms with Crippen LogP contribution in [-0.4, -0.2) is 17.4 Å².